The van der Waals surface area contributed by atoms with Crippen molar-refractivity contribution in [2.45, 2.75) is 5.22 Å². The molecule has 0 aliphatic heterocycles. The summed E-state index contributed by atoms with van der Waals surface area (Å²) in [6.45, 7) is 0. The van der Waals surface area contributed by atoms with Gasteiger partial charge in [0.2, 0.25) is 11.7 Å². The molecule has 0 spiro atoms. The van der Waals surface area contributed by atoms with E-state index in [9.17, 15) is 10.1 Å². The average molecular weight is 382 g/mol. The number of amides is 1. The van der Waals surface area contributed by atoms with Crippen LogP contribution in [0.1, 0.15) is 5.76 Å². The summed E-state index contributed by atoms with van der Waals surface area (Å²) in [6.07, 6.45) is 0. The number of para-hydroxylation sites is 1. The van der Waals surface area contributed by atoms with E-state index >= 15 is 0 Å². The summed E-state index contributed by atoms with van der Waals surface area (Å²) in [7, 11) is 0. The number of hydrogen-bond acceptors (Lipinski definition) is 8. The predicted molar refractivity (Wildman–Crippen MR) is 97.9 cm³/mol. The monoisotopic (exact) mass is 382 g/mol. The van der Waals surface area contributed by atoms with E-state index in [4.69, 9.17) is 8.83 Å². The molecule has 3 heterocycles. The van der Waals surface area contributed by atoms with Gasteiger partial charge in [-0.3, -0.25) is 4.79 Å². The number of nitrogens with one attached hydrogen (secondary N) is 1. The van der Waals surface area contributed by atoms with Crippen molar-refractivity contribution in [3.05, 3.63) is 47.5 Å². The van der Waals surface area contributed by atoms with E-state index in [2.05, 4.69) is 15.5 Å². The van der Waals surface area contributed by atoms with Gasteiger partial charge < -0.3 is 14.2 Å². The van der Waals surface area contributed by atoms with Gasteiger partial charge in [-0.15, -0.1) is 21.5 Å². The molecule has 7 nitrogen and oxygen atoms in total. The highest BCUT2D eigenvalue weighted by Gasteiger charge is 2.17. The largest absolute Gasteiger partial charge is 0.443 e. The minimum Gasteiger partial charge on any atom is -0.443 e. The Kier molecular flexibility index (Phi) is 4.43. The molecular weight excluding hydrogens is 372 g/mol. The zero-order valence-corrected chi connectivity index (χ0v) is 14.8. The first-order valence-electron chi connectivity index (χ1n) is 7.46. The van der Waals surface area contributed by atoms with Gasteiger partial charge in [-0.25, -0.2) is 0 Å². The number of thioether (sulfide) groups is 1. The minimum absolute atomic E-state index is 0.0659. The molecule has 0 unspecified atom stereocenters. The zero-order chi connectivity index (χ0) is 17.9. The molecule has 1 aromatic carbocycles. The van der Waals surface area contributed by atoms with E-state index in [1.54, 1.807) is 18.2 Å². The number of rotatable bonds is 5. The van der Waals surface area contributed by atoms with Crippen LogP contribution in [-0.2, 0) is 4.79 Å². The lowest BCUT2D eigenvalue weighted by Gasteiger charge is -2.02. The Bertz CT molecular complexity index is 1110. The van der Waals surface area contributed by atoms with Gasteiger partial charge in [0.1, 0.15) is 17.3 Å². The average Bonchev–Trinajstić information content (AvgIpc) is 3.39. The molecule has 0 aliphatic carbocycles. The normalized spacial score (nSPS) is 10.7. The van der Waals surface area contributed by atoms with Gasteiger partial charge in [-0.1, -0.05) is 30.0 Å². The molecule has 0 bridgehead atoms. The lowest BCUT2D eigenvalue weighted by atomic mass is 10.2. The van der Waals surface area contributed by atoms with Crippen LogP contribution >= 0.6 is 23.1 Å². The molecule has 1 amide bonds. The molecule has 0 saturated carbocycles. The fourth-order valence-electron chi connectivity index (χ4n) is 2.32. The number of nitriles is 1. The molecule has 0 fully saturated rings. The van der Waals surface area contributed by atoms with Gasteiger partial charge in [0.15, 0.2) is 0 Å². The molecule has 0 saturated heterocycles. The third kappa shape index (κ3) is 3.20. The fraction of sp³-hybridized carbons (Fsp3) is 0.0588. The van der Waals surface area contributed by atoms with Crippen LogP contribution in [0.2, 0.25) is 0 Å². The van der Waals surface area contributed by atoms with Crippen LogP contribution in [0.5, 0.6) is 0 Å². The van der Waals surface area contributed by atoms with Crippen LogP contribution in [0, 0.1) is 11.3 Å². The first-order valence-corrected chi connectivity index (χ1v) is 9.33. The number of aromatic nitrogens is 2. The maximum atomic E-state index is 12.3. The van der Waals surface area contributed by atoms with Crippen LogP contribution in [0.4, 0.5) is 5.69 Å². The molecular formula is C17H10N4O3S2. The van der Waals surface area contributed by atoms with E-state index < -0.39 is 0 Å². The second kappa shape index (κ2) is 7.03. The smallest absolute Gasteiger partial charge is 0.277 e. The van der Waals surface area contributed by atoms with Crippen molar-refractivity contribution in [3.63, 3.8) is 0 Å². The standard InChI is InChI=1S/C17H10N4O3S2/c18-8-12-15(10-4-1-2-5-11(10)23-12)19-14(22)9-26-17-21-20-16(24-17)13-6-3-7-25-13/h1-7H,9H2,(H,19,22). The molecule has 0 radical (unpaired) electrons. The Morgan fingerprint density at radius 3 is 2.92 bits per heavy atom. The van der Waals surface area contributed by atoms with Crippen molar-refractivity contribution in [1.29, 1.82) is 5.26 Å². The quantitative estimate of drug-likeness (QED) is 0.517. The van der Waals surface area contributed by atoms with Crippen LogP contribution in [0.15, 0.2) is 55.8 Å². The molecule has 4 rings (SSSR count). The lowest BCUT2D eigenvalue weighted by Crippen LogP contribution is -2.14. The fourth-order valence-corrected chi connectivity index (χ4v) is 3.53. The Morgan fingerprint density at radius 2 is 2.12 bits per heavy atom. The van der Waals surface area contributed by atoms with Crippen LogP contribution in [-0.4, -0.2) is 21.9 Å². The number of fused-ring (bicyclic) bond motifs is 1. The van der Waals surface area contributed by atoms with Crippen molar-refractivity contribution in [1.82, 2.24) is 10.2 Å². The van der Waals surface area contributed by atoms with Crippen molar-refractivity contribution >= 4 is 45.7 Å². The number of furan rings is 1. The lowest BCUT2D eigenvalue weighted by molar-refractivity contribution is -0.113. The topological polar surface area (TPSA) is 105 Å². The first kappa shape index (κ1) is 16.4. The summed E-state index contributed by atoms with van der Waals surface area (Å²) < 4.78 is 11.0. The molecule has 3 aromatic heterocycles. The first-order chi connectivity index (χ1) is 12.7. The maximum absolute atomic E-state index is 12.3. The van der Waals surface area contributed by atoms with Crippen LogP contribution in [0.3, 0.4) is 0 Å². The van der Waals surface area contributed by atoms with E-state index in [1.807, 2.05) is 29.6 Å². The summed E-state index contributed by atoms with van der Waals surface area (Å²) >= 11 is 2.62. The molecule has 26 heavy (non-hydrogen) atoms. The van der Waals surface area contributed by atoms with E-state index in [-0.39, 0.29) is 17.4 Å². The van der Waals surface area contributed by atoms with E-state index in [0.29, 0.717) is 27.8 Å². The summed E-state index contributed by atoms with van der Waals surface area (Å²) in [6, 6.07) is 12.9. The number of thiophene rings is 1. The van der Waals surface area contributed by atoms with Gasteiger partial charge in [-0.05, 0) is 23.6 Å². The molecule has 0 aliphatic rings. The third-order valence-corrected chi connectivity index (χ3v) is 5.10. The van der Waals surface area contributed by atoms with Crippen molar-refractivity contribution in [2.75, 3.05) is 11.1 Å². The van der Waals surface area contributed by atoms with Gasteiger partial charge in [0, 0.05) is 5.39 Å². The number of anilines is 1. The Hall–Kier alpha value is -3.09. The van der Waals surface area contributed by atoms with Crippen molar-refractivity contribution in [3.8, 4) is 16.8 Å². The molecule has 1 N–H and O–H groups in total. The summed E-state index contributed by atoms with van der Waals surface area (Å²) in [5, 5.41) is 22.7. The minimum atomic E-state index is -0.297. The van der Waals surface area contributed by atoms with Gasteiger partial charge in [-0.2, -0.15) is 5.26 Å². The highest BCUT2D eigenvalue weighted by atomic mass is 32.2. The van der Waals surface area contributed by atoms with Crippen molar-refractivity contribution < 1.29 is 13.6 Å². The van der Waals surface area contributed by atoms with Crippen LogP contribution < -0.4 is 5.32 Å². The molecule has 0 atom stereocenters. The number of carbonyl (C=O) groups excluding carboxylic acids is 1. The predicted octanol–water partition coefficient (Wildman–Crippen LogP) is 4.15. The van der Waals surface area contributed by atoms with Crippen LogP contribution in [0.25, 0.3) is 21.7 Å². The Balaban J connectivity index is 1.44. The highest BCUT2D eigenvalue weighted by Crippen LogP contribution is 2.31. The van der Waals surface area contributed by atoms with Gasteiger partial charge in [0.25, 0.3) is 11.1 Å². The van der Waals surface area contributed by atoms with E-state index in [0.717, 1.165) is 16.6 Å². The molecule has 128 valence electrons. The summed E-state index contributed by atoms with van der Waals surface area (Å²) in [4.78, 5) is 13.1. The number of hydrogen-bond donors (Lipinski definition) is 1. The third-order valence-electron chi connectivity index (χ3n) is 3.43. The zero-order valence-electron chi connectivity index (χ0n) is 13.1. The number of carbonyl (C=O) groups is 1. The van der Waals surface area contributed by atoms with Gasteiger partial charge >= 0.3 is 0 Å². The Morgan fingerprint density at radius 1 is 1.23 bits per heavy atom. The Labute approximate surface area is 155 Å². The molecule has 9 heteroatoms. The summed E-state index contributed by atoms with van der Waals surface area (Å²) in [5.74, 6) is 0.267. The molecule has 4 aromatic rings. The SMILES string of the molecule is N#Cc1oc2ccccc2c1NC(=O)CSc1nnc(-c2cccs2)o1. The summed E-state index contributed by atoms with van der Waals surface area (Å²) in [5.41, 5.74) is 0.919. The highest BCUT2D eigenvalue weighted by molar-refractivity contribution is 7.99. The number of benzene rings is 1. The second-order valence-electron chi connectivity index (χ2n) is 5.10. The van der Waals surface area contributed by atoms with Crippen molar-refractivity contribution in [2.24, 2.45) is 0 Å². The van der Waals surface area contributed by atoms with E-state index in [1.165, 1.54) is 11.3 Å². The van der Waals surface area contributed by atoms with Gasteiger partial charge in [0.05, 0.1) is 10.6 Å². The number of nitrogens with zero attached hydrogens (tertiary/aromatic N) is 3. The maximum Gasteiger partial charge on any atom is 0.277 e. The second-order valence-corrected chi connectivity index (χ2v) is 6.98.